The van der Waals surface area contributed by atoms with Crippen molar-refractivity contribution in [2.24, 2.45) is 0 Å². The molecule has 3 heterocycles. The summed E-state index contributed by atoms with van der Waals surface area (Å²) in [4.78, 5) is 34.9. The van der Waals surface area contributed by atoms with Crippen LogP contribution in [0.4, 0.5) is 11.6 Å². The number of fused-ring (bicyclic) bond motifs is 1. The van der Waals surface area contributed by atoms with Crippen LogP contribution in [0.1, 0.15) is 43.0 Å². The van der Waals surface area contributed by atoms with Crippen molar-refractivity contribution in [3.8, 4) is 5.75 Å². The number of nitrogens with zero attached hydrogens (tertiary/aromatic N) is 5. The van der Waals surface area contributed by atoms with Crippen molar-refractivity contribution < 1.29 is 31.3 Å². The number of aromatic nitrogens is 4. The van der Waals surface area contributed by atoms with Crippen molar-refractivity contribution in [3.63, 3.8) is 0 Å². The number of rotatable bonds is 11. The van der Waals surface area contributed by atoms with E-state index in [0.717, 1.165) is 42.8 Å². The van der Waals surface area contributed by atoms with E-state index in [4.69, 9.17) is 27.8 Å². The lowest BCUT2D eigenvalue weighted by molar-refractivity contribution is -0.676. The number of carbonyl (C=O) groups excluding carboxylic acids is 2. The second-order valence-corrected chi connectivity index (χ2v) is 9.41. The SMILES string of the molecule is CCn1c(CNC(=O)c2nc(Cl)c(N)nc2N)[n+](CC)c2ccc(OCCNC(=O)CN3CCCC3)cc21.[Cl-]. The highest BCUT2D eigenvalue weighted by Gasteiger charge is 2.25. The fourth-order valence-electron chi connectivity index (χ4n) is 4.77. The third-order valence-electron chi connectivity index (χ3n) is 6.57. The summed E-state index contributed by atoms with van der Waals surface area (Å²) in [6.07, 6.45) is 2.32. The van der Waals surface area contributed by atoms with Crippen molar-refractivity contribution in [1.29, 1.82) is 0 Å². The van der Waals surface area contributed by atoms with Crippen molar-refractivity contribution >= 4 is 46.1 Å². The number of amides is 2. The summed E-state index contributed by atoms with van der Waals surface area (Å²) < 4.78 is 10.2. The van der Waals surface area contributed by atoms with Gasteiger partial charge in [0.1, 0.15) is 18.9 Å². The van der Waals surface area contributed by atoms with Crippen LogP contribution in [-0.2, 0) is 24.4 Å². The molecule has 2 aromatic heterocycles. The molecule has 0 unspecified atom stereocenters. The maximum atomic E-state index is 12.8. The fraction of sp³-hybridized carbons (Fsp3) is 0.480. The van der Waals surface area contributed by atoms with Gasteiger partial charge in [-0.05, 0) is 51.9 Å². The number of anilines is 2. The van der Waals surface area contributed by atoms with Crippen LogP contribution in [-0.4, -0.2) is 64.0 Å². The molecule has 0 radical (unpaired) electrons. The Bertz CT molecular complexity index is 1330. The highest BCUT2D eigenvalue weighted by atomic mass is 35.5. The molecular formula is C25H35Cl2N9O3. The summed E-state index contributed by atoms with van der Waals surface area (Å²) in [5, 5.41) is 5.72. The van der Waals surface area contributed by atoms with Gasteiger partial charge in [-0.3, -0.25) is 14.5 Å². The van der Waals surface area contributed by atoms with Gasteiger partial charge in [-0.25, -0.2) is 19.1 Å². The molecule has 1 aliphatic rings. The van der Waals surface area contributed by atoms with Gasteiger partial charge in [0.25, 0.3) is 11.7 Å². The summed E-state index contributed by atoms with van der Waals surface area (Å²) in [7, 11) is 0. The number of imidazole rings is 1. The maximum Gasteiger partial charge on any atom is 0.277 e. The third kappa shape index (κ3) is 7.00. The highest BCUT2D eigenvalue weighted by Crippen LogP contribution is 2.22. The number of hydrogen-bond acceptors (Lipinski definition) is 8. The van der Waals surface area contributed by atoms with Gasteiger partial charge in [-0.1, -0.05) is 11.6 Å². The number of aryl methyl sites for hydroxylation is 2. The minimum atomic E-state index is -0.497. The Hall–Kier alpha value is -3.35. The highest BCUT2D eigenvalue weighted by molar-refractivity contribution is 6.31. The normalized spacial score (nSPS) is 13.3. The Morgan fingerprint density at radius 1 is 1.13 bits per heavy atom. The smallest absolute Gasteiger partial charge is 0.277 e. The predicted molar refractivity (Wildman–Crippen MR) is 145 cm³/mol. The van der Waals surface area contributed by atoms with Gasteiger partial charge in [0.05, 0.1) is 26.2 Å². The number of hydrogen-bond donors (Lipinski definition) is 4. The minimum absolute atomic E-state index is 0. The summed E-state index contributed by atoms with van der Waals surface area (Å²) >= 11 is 5.93. The molecule has 212 valence electrons. The van der Waals surface area contributed by atoms with Gasteiger partial charge in [0, 0.05) is 6.07 Å². The average Bonchev–Trinajstić information content (AvgIpc) is 3.51. The number of benzene rings is 1. The Morgan fingerprint density at radius 3 is 2.56 bits per heavy atom. The zero-order valence-corrected chi connectivity index (χ0v) is 23.7. The first kappa shape index (κ1) is 30.2. The second kappa shape index (κ2) is 13.6. The first-order valence-electron chi connectivity index (χ1n) is 12.9. The van der Waals surface area contributed by atoms with Crippen molar-refractivity contribution in [2.45, 2.75) is 46.3 Å². The number of carbonyl (C=O) groups is 2. The molecule has 4 rings (SSSR count). The fourth-order valence-corrected chi connectivity index (χ4v) is 4.90. The molecule has 0 bridgehead atoms. The van der Waals surface area contributed by atoms with E-state index in [1.807, 2.05) is 32.0 Å². The molecule has 14 heteroatoms. The van der Waals surface area contributed by atoms with E-state index in [0.29, 0.717) is 38.5 Å². The van der Waals surface area contributed by atoms with Gasteiger partial charge in [-0.2, -0.15) is 0 Å². The molecule has 6 N–H and O–H groups in total. The molecule has 12 nitrogen and oxygen atoms in total. The van der Waals surface area contributed by atoms with E-state index in [1.54, 1.807) is 0 Å². The molecule has 1 fully saturated rings. The molecule has 3 aromatic rings. The first-order chi connectivity index (χ1) is 18.3. The molecular weight excluding hydrogens is 545 g/mol. The minimum Gasteiger partial charge on any atom is -1.00 e. The molecule has 0 saturated carbocycles. The van der Waals surface area contributed by atoms with Crippen molar-refractivity contribution in [1.82, 2.24) is 30.1 Å². The Balaban J connectivity index is 0.00000420. The number of nitrogen functional groups attached to an aromatic ring is 2. The van der Waals surface area contributed by atoms with Crippen molar-refractivity contribution in [3.05, 3.63) is 34.9 Å². The molecule has 2 amide bonds. The largest absolute Gasteiger partial charge is 1.00 e. The molecule has 39 heavy (non-hydrogen) atoms. The van der Waals surface area contributed by atoms with E-state index < -0.39 is 5.91 Å². The van der Waals surface area contributed by atoms with Gasteiger partial charge in [0.15, 0.2) is 33.5 Å². The van der Waals surface area contributed by atoms with E-state index in [2.05, 4.69) is 34.6 Å². The maximum absolute atomic E-state index is 12.8. The van der Waals surface area contributed by atoms with Gasteiger partial charge < -0.3 is 39.2 Å². The summed E-state index contributed by atoms with van der Waals surface area (Å²) in [5.41, 5.74) is 13.4. The van der Waals surface area contributed by atoms with Crippen LogP contribution in [0.5, 0.6) is 5.75 Å². The number of halogens is 2. The van der Waals surface area contributed by atoms with Crippen molar-refractivity contribution in [2.75, 3.05) is 44.3 Å². The standard InChI is InChI=1S/C25H34ClN9O3.ClH/c1-3-34-17-8-7-16(38-12-9-29-19(36)15-33-10-5-6-11-33)13-18(17)35(4-2)20(34)14-30-25(37)21-23(27)32-24(28)22(26)31-21;/h7-8,13H,3-6,9-12,14-15H2,1-2H3,(H5-,27,28,29,30,32,36,37);1H. The van der Waals surface area contributed by atoms with Crippen LogP contribution in [0.25, 0.3) is 11.0 Å². The van der Waals surface area contributed by atoms with Crippen LogP contribution in [0.15, 0.2) is 18.2 Å². The van der Waals surface area contributed by atoms with E-state index in [-0.39, 0.29) is 47.3 Å². The molecule has 0 aliphatic carbocycles. The van der Waals surface area contributed by atoms with Gasteiger partial charge in [0.2, 0.25) is 5.91 Å². The number of ether oxygens (including phenoxy) is 1. The lowest BCUT2D eigenvalue weighted by Gasteiger charge is -2.14. The Labute approximate surface area is 238 Å². The summed E-state index contributed by atoms with van der Waals surface area (Å²) in [6, 6.07) is 5.89. The zero-order chi connectivity index (χ0) is 27.2. The summed E-state index contributed by atoms with van der Waals surface area (Å²) in [6.45, 7) is 8.92. The van der Waals surface area contributed by atoms with Crippen LogP contribution in [0.2, 0.25) is 5.15 Å². The number of nitrogens with one attached hydrogen (secondary N) is 2. The Kier molecular flexibility index (Phi) is 10.6. The molecule has 1 aliphatic heterocycles. The van der Waals surface area contributed by atoms with Gasteiger partial charge in [-0.15, -0.1) is 0 Å². The van der Waals surface area contributed by atoms with Crippen LogP contribution >= 0.6 is 11.6 Å². The topological polar surface area (TPSA) is 157 Å². The Morgan fingerprint density at radius 2 is 1.87 bits per heavy atom. The van der Waals surface area contributed by atoms with E-state index >= 15 is 0 Å². The lowest BCUT2D eigenvalue weighted by Crippen LogP contribution is -3.00. The molecule has 1 aromatic carbocycles. The predicted octanol–water partition coefficient (Wildman–Crippen LogP) is -1.90. The average molecular weight is 581 g/mol. The van der Waals surface area contributed by atoms with Crippen LogP contribution in [0.3, 0.4) is 0 Å². The third-order valence-corrected chi connectivity index (χ3v) is 6.85. The number of nitrogens with two attached hydrogens (primary N) is 2. The molecule has 0 atom stereocenters. The molecule has 1 saturated heterocycles. The second-order valence-electron chi connectivity index (χ2n) is 9.05. The quantitative estimate of drug-likeness (QED) is 0.151. The van der Waals surface area contributed by atoms with Gasteiger partial charge >= 0.3 is 0 Å². The molecule has 0 spiro atoms. The van der Waals surface area contributed by atoms with E-state index in [9.17, 15) is 9.59 Å². The lowest BCUT2D eigenvalue weighted by atomic mass is 10.3. The monoisotopic (exact) mass is 579 g/mol. The van der Waals surface area contributed by atoms with E-state index in [1.165, 1.54) is 0 Å². The van der Waals surface area contributed by atoms with Crippen LogP contribution in [0, 0.1) is 0 Å². The van der Waals surface area contributed by atoms with Crippen LogP contribution < -0.4 is 43.8 Å². The first-order valence-corrected chi connectivity index (χ1v) is 13.2. The zero-order valence-electron chi connectivity index (χ0n) is 22.2. The number of likely N-dealkylation sites (tertiary alicyclic amines) is 1. The summed E-state index contributed by atoms with van der Waals surface area (Å²) in [5.74, 6) is 1.02.